The number of urea groups is 1. The molecule has 0 saturated carbocycles. The second-order valence-corrected chi connectivity index (χ2v) is 7.83. The third-order valence-electron chi connectivity index (χ3n) is 5.13. The predicted octanol–water partition coefficient (Wildman–Crippen LogP) is 5.25. The molecule has 0 radical (unpaired) electrons. The first-order valence-electron chi connectivity index (χ1n) is 10.6. The van der Waals surface area contributed by atoms with E-state index in [2.05, 4.69) is 26.1 Å². The number of fused-ring (bicyclic) bond motifs is 1. The number of nitrogens with one attached hydrogen (secondary N) is 3. The van der Waals surface area contributed by atoms with Crippen LogP contribution in [-0.2, 0) is 11.0 Å². The average molecular weight is 483 g/mol. The molecule has 0 aliphatic carbocycles. The van der Waals surface area contributed by atoms with Crippen LogP contribution in [0.1, 0.15) is 34.1 Å². The fourth-order valence-corrected chi connectivity index (χ4v) is 3.55. The lowest BCUT2D eigenvalue weighted by Gasteiger charge is -2.20. The lowest BCUT2D eigenvalue weighted by atomic mass is 9.99. The number of rotatable bonds is 7. The molecule has 0 fully saturated rings. The highest BCUT2D eigenvalue weighted by atomic mass is 19.4. The Morgan fingerprint density at radius 3 is 2.46 bits per heavy atom. The van der Waals surface area contributed by atoms with Crippen LogP contribution in [0, 0.1) is 20.8 Å². The molecule has 0 aliphatic rings. The molecule has 0 aliphatic heterocycles. The van der Waals surface area contributed by atoms with E-state index in [4.69, 9.17) is 0 Å². The summed E-state index contributed by atoms with van der Waals surface area (Å²) in [6.07, 6.45) is 1.99. The van der Waals surface area contributed by atoms with Gasteiger partial charge in [0.1, 0.15) is 6.29 Å². The van der Waals surface area contributed by atoms with Crippen LogP contribution in [0.15, 0.2) is 60.7 Å². The second-order valence-electron chi connectivity index (χ2n) is 7.83. The van der Waals surface area contributed by atoms with Gasteiger partial charge in [-0.05, 0) is 49.6 Å². The molecule has 0 saturated heterocycles. The van der Waals surface area contributed by atoms with Gasteiger partial charge in [-0.15, -0.1) is 0 Å². The van der Waals surface area contributed by atoms with Crippen molar-refractivity contribution in [1.29, 1.82) is 0 Å². The predicted molar refractivity (Wildman–Crippen MR) is 128 cm³/mol. The van der Waals surface area contributed by atoms with E-state index in [0.29, 0.717) is 17.2 Å². The van der Waals surface area contributed by atoms with Crippen LogP contribution in [0.5, 0.6) is 0 Å². The number of benzene rings is 2. The second kappa shape index (κ2) is 10.8. The van der Waals surface area contributed by atoms with Crippen LogP contribution in [0.4, 0.5) is 23.8 Å². The van der Waals surface area contributed by atoms with Crippen LogP contribution in [-0.4, -0.2) is 22.3 Å². The Balaban J connectivity index is 1.86. The Morgan fingerprint density at radius 2 is 1.77 bits per heavy atom. The molecule has 1 unspecified atom stereocenters. The van der Waals surface area contributed by atoms with Crippen molar-refractivity contribution in [3.63, 3.8) is 0 Å². The van der Waals surface area contributed by atoms with Gasteiger partial charge >= 0.3 is 12.2 Å². The first-order chi connectivity index (χ1) is 16.6. The fraction of sp³-hybridized carbons (Fsp3) is 0.200. The van der Waals surface area contributed by atoms with Crippen molar-refractivity contribution in [3.8, 4) is 0 Å². The first kappa shape index (κ1) is 25.4. The number of amides is 2. The Bertz CT molecular complexity index is 1300. The average Bonchev–Trinajstić information content (AvgIpc) is 2.79. The molecule has 10 heteroatoms. The maximum atomic E-state index is 13.3. The Kier molecular flexibility index (Phi) is 7.85. The number of aromatic nitrogens is 2. The third-order valence-corrected chi connectivity index (χ3v) is 5.13. The van der Waals surface area contributed by atoms with E-state index in [1.165, 1.54) is 18.2 Å². The quantitative estimate of drug-likeness (QED) is 0.185. The molecule has 7 nitrogen and oxygen atoms in total. The number of hydrogen-bond donors (Lipinski definition) is 3. The minimum atomic E-state index is -4.76. The number of allylic oxidation sites excluding steroid dienone is 3. The van der Waals surface area contributed by atoms with E-state index in [1.54, 1.807) is 31.2 Å². The summed E-state index contributed by atoms with van der Waals surface area (Å²) in [6, 6.07) is 9.19. The van der Waals surface area contributed by atoms with Crippen molar-refractivity contribution in [2.45, 2.75) is 33.0 Å². The molecule has 35 heavy (non-hydrogen) atoms. The van der Waals surface area contributed by atoms with Gasteiger partial charge in [0.25, 0.3) is 0 Å². The van der Waals surface area contributed by atoms with Gasteiger partial charge in [-0.2, -0.15) is 13.2 Å². The topological polar surface area (TPSA) is 96.0 Å². The Morgan fingerprint density at radius 1 is 1.00 bits per heavy atom. The highest BCUT2D eigenvalue weighted by Gasteiger charge is 2.35. The van der Waals surface area contributed by atoms with E-state index in [1.807, 2.05) is 32.0 Å². The number of alkyl halides is 3. The Hall–Kier alpha value is -4.21. The number of hydrazine groups is 1. The number of nitrogens with zero attached hydrogens (tertiary/aromatic N) is 2. The zero-order chi connectivity index (χ0) is 25.6. The van der Waals surface area contributed by atoms with Crippen molar-refractivity contribution in [2.75, 3.05) is 5.43 Å². The highest BCUT2D eigenvalue weighted by Crippen LogP contribution is 2.31. The smallest absolute Gasteiger partial charge is 0.326 e. The van der Waals surface area contributed by atoms with Crippen molar-refractivity contribution >= 4 is 29.0 Å². The molecule has 3 aromatic rings. The summed E-state index contributed by atoms with van der Waals surface area (Å²) in [5.74, 6) is -1.50. The standard InChI is InChI=1S/C25H24F3N5O2/c1-15-11-12-18(17(3)14-15)19(9-5-4-6-13-34)30-24(35)33-32-22-21-16(2)8-7-10-20(21)29-23(31-22)25(26,27)28/h4-14,19H,1-3H3,(H,29,31,32)(H2,30,33,35)/b6-4+,9-5+. The summed E-state index contributed by atoms with van der Waals surface area (Å²) in [5.41, 5.74) is 8.38. The van der Waals surface area contributed by atoms with Crippen molar-refractivity contribution in [2.24, 2.45) is 0 Å². The molecule has 182 valence electrons. The van der Waals surface area contributed by atoms with Crippen LogP contribution < -0.4 is 16.2 Å². The van der Waals surface area contributed by atoms with Crippen LogP contribution in [0.25, 0.3) is 10.9 Å². The summed E-state index contributed by atoms with van der Waals surface area (Å²) in [5, 5.41) is 3.11. The summed E-state index contributed by atoms with van der Waals surface area (Å²) in [6.45, 7) is 5.55. The Labute approximate surface area is 200 Å². The lowest BCUT2D eigenvalue weighted by molar-refractivity contribution is -0.144. The molecule has 1 atom stereocenters. The number of halogens is 3. The van der Waals surface area contributed by atoms with Gasteiger partial charge in [0.2, 0.25) is 5.82 Å². The summed E-state index contributed by atoms with van der Waals surface area (Å²) in [7, 11) is 0. The number of anilines is 1. The maximum absolute atomic E-state index is 13.3. The van der Waals surface area contributed by atoms with Crippen molar-refractivity contribution in [1.82, 2.24) is 20.7 Å². The molecule has 0 bridgehead atoms. The monoisotopic (exact) mass is 483 g/mol. The molecular formula is C25H24F3N5O2. The number of aldehydes is 1. The number of hydrogen-bond acceptors (Lipinski definition) is 5. The molecule has 1 aromatic heterocycles. The van der Waals surface area contributed by atoms with E-state index >= 15 is 0 Å². The van der Waals surface area contributed by atoms with Crippen molar-refractivity contribution < 1.29 is 22.8 Å². The number of carbonyl (C=O) groups excluding carboxylic acids is 2. The van der Waals surface area contributed by atoms with Crippen LogP contribution >= 0.6 is 0 Å². The van der Waals surface area contributed by atoms with E-state index in [9.17, 15) is 22.8 Å². The van der Waals surface area contributed by atoms with Gasteiger partial charge in [-0.3, -0.25) is 15.6 Å². The number of aryl methyl sites for hydroxylation is 3. The van der Waals surface area contributed by atoms with E-state index in [-0.39, 0.29) is 11.3 Å². The molecule has 0 spiro atoms. The summed E-state index contributed by atoms with van der Waals surface area (Å²) in [4.78, 5) is 30.4. The minimum Gasteiger partial charge on any atom is -0.326 e. The zero-order valence-electron chi connectivity index (χ0n) is 19.3. The molecule has 3 rings (SSSR count). The summed E-state index contributed by atoms with van der Waals surface area (Å²) < 4.78 is 39.9. The molecule has 2 amide bonds. The van der Waals surface area contributed by atoms with E-state index in [0.717, 1.165) is 16.7 Å². The highest BCUT2D eigenvalue weighted by molar-refractivity contribution is 5.92. The lowest BCUT2D eigenvalue weighted by Crippen LogP contribution is -2.41. The van der Waals surface area contributed by atoms with Gasteiger partial charge < -0.3 is 5.32 Å². The molecular weight excluding hydrogens is 459 g/mol. The van der Waals surface area contributed by atoms with E-state index < -0.39 is 24.1 Å². The normalized spacial score (nSPS) is 12.7. The molecule has 1 heterocycles. The van der Waals surface area contributed by atoms with Gasteiger partial charge in [-0.25, -0.2) is 14.8 Å². The SMILES string of the molecule is Cc1ccc(C(/C=C/C=C/C=O)NC(=O)NNc2nc(C(F)(F)F)nc3cccc(C)c23)c(C)c1. The molecule has 2 aromatic carbocycles. The largest absolute Gasteiger partial charge is 0.451 e. The zero-order valence-corrected chi connectivity index (χ0v) is 19.3. The maximum Gasteiger partial charge on any atom is 0.451 e. The van der Waals surface area contributed by atoms with Gasteiger partial charge in [0.05, 0.1) is 11.6 Å². The van der Waals surface area contributed by atoms with Gasteiger partial charge in [-0.1, -0.05) is 54.1 Å². The summed E-state index contributed by atoms with van der Waals surface area (Å²) >= 11 is 0. The third kappa shape index (κ3) is 6.44. The minimum absolute atomic E-state index is 0.0927. The van der Waals surface area contributed by atoms with Crippen LogP contribution in [0.3, 0.4) is 0 Å². The van der Waals surface area contributed by atoms with Gasteiger partial charge in [0.15, 0.2) is 5.82 Å². The molecule has 3 N–H and O–H groups in total. The number of carbonyl (C=O) groups is 2. The van der Waals surface area contributed by atoms with Gasteiger partial charge in [0, 0.05) is 5.39 Å². The van der Waals surface area contributed by atoms with Crippen molar-refractivity contribution in [3.05, 3.63) is 88.8 Å². The first-order valence-corrected chi connectivity index (χ1v) is 10.6. The fourth-order valence-electron chi connectivity index (χ4n) is 3.55. The van der Waals surface area contributed by atoms with Crippen LogP contribution in [0.2, 0.25) is 0 Å².